The number of hydrogen-bond donors (Lipinski definition) is 0. The van der Waals surface area contributed by atoms with Crippen LogP contribution in [0.2, 0.25) is 0 Å². The second-order valence-corrected chi connectivity index (χ2v) is 19.9. The van der Waals surface area contributed by atoms with E-state index in [1.807, 2.05) is 24.3 Å². The Labute approximate surface area is 310 Å². The minimum absolute atomic E-state index is 0. The first-order valence-corrected chi connectivity index (χ1v) is 20.3. The van der Waals surface area contributed by atoms with Gasteiger partial charge in [0, 0.05) is 0 Å². The Bertz CT molecular complexity index is 1810. The van der Waals surface area contributed by atoms with Crippen LogP contribution in [0.5, 0.6) is 0 Å². The van der Waals surface area contributed by atoms with Crippen molar-refractivity contribution in [3.8, 4) is 11.1 Å². The van der Waals surface area contributed by atoms with Crippen LogP contribution < -0.4 is 24.8 Å². The van der Waals surface area contributed by atoms with Gasteiger partial charge in [0.1, 0.15) is 0 Å². The predicted molar refractivity (Wildman–Crippen MR) is 178 cm³/mol. The van der Waals surface area contributed by atoms with Gasteiger partial charge in [-0.15, -0.1) is 0 Å². The van der Waals surface area contributed by atoms with Gasteiger partial charge in [-0.3, -0.25) is 0 Å². The summed E-state index contributed by atoms with van der Waals surface area (Å²) in [5, 5.41) is 0. The van der Waals surface area contributed by atoms with Gasteiger partial charge in [-0.1, -0.05) is 0 Å². The van der Waals surface area contributed by atoms with Crippen LogP contribution in [0.4, 0.5) is 26.3 Å². The van der Waals surface area contributed by atoms with Gasteiger partial charge in [0.2, 0.25) is 0 Å². The van der Waals surface area contributed by atoms with Crippen LogP contribution in [0.3, 0.4) is 0 Å². The van der Waals surface area contributed by atoms with Gasteiger partial charge >= 0.3 is 288 Å². The van der Waals surface area contributed by atoms with Gasteiger partial charge in [-0.25, -0.2) is 0 Å². The largest absolute Gasteiger partial charge is 1.00 e. The van der Waals surface area contributed by atoms with Crippen molar-refractivity contribution in [3.05, 3.63) is 151 Å². The number of rotatable bonds is 7. The molecule has 1 atom stereocenters. The number of benzene rings is 4. The van der Waals surface area contributed by atoms with E-state index >= 15 is 0 Å². The van der Waals surface area contributed by atoms with Gasteiger partial charge in [-0.05, 0) is 0 Å². The quantitative estimate of drug-likeness (QED) is 0.191. The average molecular weight is 807 g/mol. The molecule has 0 nitrogen and oxygen atoms in total. The topological polar surface area (TPSA) is 0 Å². The molecule has 0 saturated heterocycles. The summed E-state index contributed by atoms with van der Waals surface area (Å²) < 4.78 is 84.9. The molecule has 4 aromatic carbocycles. The standard InChI is InChI=1S/C15H8F6.C13H9.C13H21.2ClH.Zr/c16-14(17,18)12-5-1-10(2-6-12)9-11-3-7-13(8-4-11)15(19,20)21;1-3-7-12-10(5-1)9-11-6-2-4-8-13(11)12;1-5-6-7-11-8-9-12(10-11)13(2,3)4;;;/h1-8H;1-9H;9-11H,5-7H2,1-4H3;2*1H;/q;;;;;+2/p-2. The molecule has 2 aliphatic carbocycles. The normalized spacial score (nSPS) is 15.5. The van der Waals surface area contributed by atoms with Crippen molar-refractivity contribution < 1.29 is 72.4 Å². The van der Waals surface area contributed by atoms with Crippen molar-refractivity contribution >= 4 is 3.21 Å². The maximum absolute atomic E-state index is 13.8. The van der Waals surface area contributed by atoms with Gasteiger partial charge < -0.3 is 24.8 Å². The Kier molecular flexibility index (Phi) is 12.4. The molecule has 262 valence electrons. The first-order chi connectivity index (χ1) is 22.7. The molecule has 9 heteroatoms. The summed E-state index contributed by atoms with van der Waals surface area (Å²) in [6, 6.07) is 27.2. The molecule has 0 amide bonds. The Balaban J connectivity index is 0.00000281. The van der Waals surface area contributed by atoms with Crippen LogP contribution in [0.1, 0.15) is 84.0 Å². The van der Waals surface area contributed by atoms with Crippen LogP contribution in [0, 0.1) is 11.3 Å². The predicted octanol–water partition coefficient (Wildman–Crippen LogP) is 6.37. The Morgan fingerprint density at radius 3 is 1.48 bits per heavy atom. The molecule has 0 aromatic heterocycles. The molecule has 0 heterocycles. The van der Waals surface area contributed by atoms with E-state index in [-0.39, 0.29) is 39.8 Å². The number of unbranched alkanes of at least 4 members (excludes halogenated alkanes) is 1. The fourth-order valence-corrected chi connectivity index (χ4v) is 16.7. The van der Waals surface area contributed by atoms with Gasteiger partial charge in [0.15, 0.2) is 0 Å². The minimum atomic E-state index is -4.51. The molecule has 4 aromatic rings. The summed E-state index contributed by atoms with van der Waals surface area (Å²) in [6.45, 7) is 8.73. The molecule has 0 radical (unpaired) electrons. The monoisotopic (exact) mass is 804 g/mol. The molecule has 0 aliphatic heterocycles. The maximum Gasteiger partial charge on any atom is -1.00 e. The first-order valence-electron chi connectivity index (χ1n) is 16.4. The molecule has 0 spiro atoms. The minimum Gasteiger partial charge on any atom is -1.00 e. The molecule has 0 N–H and O–H groups in total. The molecular weight excluding hydrogens is 769 g/mol. The van der Waals surface area contributed by atoms with Crippen molar-refractivity contribution in [3.63, 3.8) is 0 Å². The summed E-state index contributed by atoms with van der Waals surface area (Å²) in [7, 11) is 0. The van der Waals surface area contributed by atoms with Crippen LogP contribution in [0.25, 0.3) is 11.1 Å². The molecule has 6 rings (SSSR count). The zero-order valence-corrected chi connectivity index (χ0v) is 32.2. The molecule has 2 aliphatic rings. The van der Waals surface area contributed by atoms with Crippen molar-refractivity contribution in [1.29, 1.82) is 0 Å². The maximum atomic E-state index is 13.8. The van der Waals surface area contributed by atoms with E-state index in [0.29, 0.717) is 11.1 Å². The Hall–Kier alpha value is -2.73. The fraction of sp³-hybridized carbons (Fsp3) is 0.293. The van der Waals surface area contributed by atoms with Crippen molar-refractivity contribution in [2.24, 2.45) is 11.3 Å². The van der Waals surface area contributed by atoms with Crippen LogP contribution in [-0.2, 0) is 33.6 Å². The van der Waals surface area contributed by atoms with Crippen molar-refractivity contribution in [2.75, 3.05) is 0 Å². The van der Waals surface area contributed by atoms with Crippen molar-refractivity contribution in [1.82, 2.24) is 0 Å². The number of hydrogen-bond acceptors (Lipinski definition) is 0. The molecule has 0 fully saturated rings. The summed E-state index contributed by atoms with van der Waals surface area (Å²) >= 11 is -3.44. The van der Waals surface area contributed by atoms with E-state index in [1.54, 1.807) is 0 Å². The second-order valence-electron chi connectivity index (χ2n) is 13.8. The summed E-state index contributed by atoms with van der Waals surface area (Å²) in [4.78, 5) is 0. The Morgan fingerprint density at radius 1 is 0.640 bits per heavy atom. The third-order valence-corrected chi connectivity index (χ3v) is 18.0. The first kappa shape index (κ1) is 40.0. The van der Waals surface area contributed by atoms with Crippen LogP contribution >= 0.6 is 0 Å². The second kappa shape index (κ2) is 15.5. The van der Waals surface area contributed by atoms with E-state index < -0.39 is 44.7 Å². The Morgan fingerprint density at radius 2 is 1.08 bits per heavy atom. The van der Waals surface area contributed by atoms with Gasteiger partial charge in [-0.2, -0.15) is 0 Å². The molecule has 0 bridgehead atoms. The van der Waals surface area contributed by atoms with Crippen molar-refractivity contribution in [2.45, 2.75) is 62.9 Å². The third-order valence-electron chi connectivity index (χ3n) is 9.53. The summed E-state index contributed by atoms with van der Waals surface area (Å²) in [6.07, 6.45) is -1.31. The number of fused-ring (bicyclic) bond motifs is 3. The summed E-state index contributed by atoms with van der Waals surface area (Å²) in [5.74, 6) is 0.146. The van der Waals surface area contributed by atoms with E-state index in [0.717, 1.165) is 57.9 Å². The molecular formula is C41H38Cl2F6Zr. The molecule has 0 saturated carbocycles. The van der Waals surface area contributed by atoms with E-state index in [1.165, 1.54) is 44.2 Å². The van der Waals surface area contributed by atoms with E-state index in [2.05, 4.69) is 64.1 Å². The van der Waals surface area contributed by atoms with Crippen LogP contribution in [-0.4, -0.2) is 3.21 Å². The fourth-order valence-electron chi connectivity index (χ4n) is 7.09. The summed E-state index contributed by atoms with van der Waals surface area (Å²) in [5.41, 5.74) is 5.52. The zero-order valence-electron chi connectivity index (χ0n) is 28.2. The molecule has 50 heavy (non-hydrogen) atoms. The van der Waals surface area contributed by atoms with E-state index in [4.69, 9.17) is 0 Å². The van der Waals surface area contributed by atoms with Crippen LogP contribution in [0.15, 0.2) is 118 Å². The van der Waals surface area contributed by atoms with Gasteiger partial charge in [0.25, 0.3) is 0 Å². The number of allylic oxidation sites excluding steroid dienone is 4. The SMILES string of the molecule is CCCCC1C=C(C(C)(C)C)C=[C]1[Zr+2](=[C](c1ccc(C(F)(F)F)cc1)c1ccc(C(F)(F)F)cc1)[CH]1c2ccccc2-c2ccccc21.[Cl-].[Cl-]. The average Bonchev–Trinajstić information content (AvgIpc) is 3.62. The zero-order chi connectivity index (χ0) is 34.4. The van der Waals surface area contributed by atoms with Gasteiger partial charge in [0.05, 0.1) is 0 Å². The van der Waals surface area contributed by atoms with E-state index in [9.17, 15) is 26.3 Å². The third kappa shape index (κ3) is 8.01. The molecule has 1 unspecified atom stereocenters. The number of alkyl halides is 6. The number of halogens is 8. The smallest absolute Gasteiger partial charge is 1.00 e.